The Morgan fingerprint density at radius 3 is 2.71 bits per heavy atom. The molecule has 0 saturated heterocycles. The molecule has 2 heterocycles. The van der Waals surface area contributed by atoms with Crippen LogP contribution in [-0.4, -0.2) is 27.5 Å². The van der Waals surface area contributed by atoms with E-state index in [1.54, 1.807) is 37.6 Å². The summed E-state index contributed by atoms with van der Waals surface area (Å²) < 4.78 is 14.1. The Morgan fingerprint density at radius 2 is 2.00 bits per heavy atom. The first kappa shape index (κ1) is 13.8. The summed E-state index contributed by atoms with van der Waals surface area (Å²) in [6.07, 6.45) is 3.39. The van der Waals surface area contributed by atoms with Gasteiger partial charge in [-0.3, -0.25) is 4.57 Å². The van der Waals surface area contributed by atoms with Crippen LogP contribution in [0.2, 0.25) is 0 Å². The highest BCUT2D eigenvalue weighted by molar-refractivity contribution is 5.44. The van der Waals surface area contributed by atoms with Gasteiger partial charge in [0.15, 0.2) is 11.5 Å². The van der Waals surface area contributed by atoms with Gasteiger partial charge in [-0.25, -0.2) is 4.79 Å². The number of benzene rings is 1. The number of aromatic nitrogens is 2. The van der Waals surface area contributed by atoms with E-state index in [1.165, 1.54) is 9.13 Å². The number of aliphatic hydroxyl groups is 1. The van der Waals surface area contributed by atoms with Crippen molar-refractivity contribution in [2.24, 2.45) is 7.05 Å². The van der Waals surface area contributed by atoms with Gasteiger partial charge in [-0.2, -0.15) is 0 Å². The highest BCUT2D eigenvalue weighted by atomic mass is 16.5. The van der Waals surface area contributed by atoms with Gasteiger partial charge in [0.25, 0.3) is 0 Å². The fraction of sp³-hybridized carbons (Fsp3) is 0.400. The summed E-state index contributed by atoms with van der Waals surface area (Å²) in [5.74, 6) is 1.34. The predicted molar refractivity (Wildman–Crippen MR) is 76.7 cm³/mol. The molecule has 1 N–H and O–H groups in total. The molecule has 0 bridgehead atoms. The Hall–Kier alpha value is -2.21. The molecule has 1 unspecified atom stereocenters. The second-order valence-electron chi connectivity index (χ2n) is 5.12. The number of aryl methyl sites for hydroxylation is 1. The lowest BCUT2D eigenvalue weighted by molar-refractivity contribution is 0.154. The molecule has 1 atom stereocenters. The molecule has 1 aliphatic heterocycles. The molecular formula is C15H18N2O4. The standard InChI is InChI=1S/C15H18N2O4/c1-16-5-6-17(15(16)19)10-12(18)11-3-4-13-14(9-11)21-8-2-7-20-13/h3-6,9,12,18H,2,7-8,10H2,1H3. The van der Waals surface area contributed by atoms with Crippen molar-refractivity contribution in [3.63, 3.8) is 0 Å². The largest absolute Gasteiger partial charge is 0.490 e. The van der Waals surface area contributed by atoms with E-state index in [2.05, 4.69) is 0 Å². The van der Waals surface area contributed by atoms with Crippen molar-refractivity contribution in [1.82, 2.24) is 9.13 Å². The van der Waals surface area contributed by atoms with Crippen molar-refractivity contribution in [3.8, 4) is 11.5 Å². The van der Waals surface area contributed by atoms with Gasteiger partial charge in [-0.05, 0) is 17.7 Å². The van der Waals surface area contributed by atoms with Gasteiger partial charge >= 0.3 is 5.69 Å². The van der Waals surface area contributed by atoms with Crippen molar-refractivity contribution in [3.05, 3.63) is 46.6 Å². The van der Waals surface area contributed by atoms with Crippen LogP contribution >= 0.6 is 0 Å². The first-order valence-corrected chi connectivity index (χ1v) is 6.94. The molecule has 1 aliphatic rings. The lowest BCUT2D eigenvalue weighted by Gasteiger charge is -2.14. The minimum Gasteiger partial charge on any atom is -0.490 e. The number of imidazole rings is 1. The van der Waals surface area contributed by atoms with Gasteiger partial charge in [0.05, 0.1) is 25.9 Å². The lowest BCUT2D eigenvalue weighted by Crippen LogP contribution is -2.24. The Bertz CT molecular complexity index is 689. The van der Waals surface area contributed by atoms with Gasteiger partial charge < -0.3 is 19.1 Å². The molecule has 0 saturated carbocycles. The summed E-state index contributed by atoms with van der Waals surface area (Å²) >= 11 is 0. The van der Waals surface area contributed by atoms with E-state index in [1.807, 2.05) is 0 Å². The van der Waals surface area contributed by atoms with Crippen LogP contribution in [0.3, 0.4) is 0 Å². The van der Waals surface area contributed by atoms with E-state index in [0.29, 0.717) is 30.3 Å². The Morgan fingerprint density at radius 1 is 1.24 bits per heavy atom. The zero-order chi connectivity index (χ0) is 14.8. The van der Waals surface area contributed by atoms with Crippen molar-refractivity contribution >= 4 is 0 Å². The van der Waals surface area contributed by atoms with Crippen molar-refractivity contribution in [1.29, 1.82) is 0 Å². The molecule has 21 heavy (non-hydrogen) atoms. The number of nitrogens with zero attached hydrogens (tertiary/aromatic N) is 2. The second-order valence-corrected chi connectivity index (χ2v) is 5.12. The van der Waals surface area contributed by atoms with Gasteiger partial charge in [0.1, 0.15) is 0 Å². The van der Waals surface area contributed by atoms with Gasteiger partial charge in [-0.1, -0.05) is 6.07 Å². The molecular weight excluding hydrogens is 272 g/mol. The summed E-state index contributed by atoms with van der Waals surface area (Å²) in [7, 11) is 1.68. The zero-order valence-corrected chi connectivity index (χ0v) is 11.9. The average Bonchev–Trinajstić information content (AvgIpc) is 2.71. The molecule has 2 aromatic rings. The second kappa shape index (κ2) is 5.65. The van der Waals surface area contributed by atoms with Crippen LogP contribution in [0.1, 0.15) is 18.1 Å². The number of rotatable bonds is 3. The molecule has 6 nitrogen and oxygen atoms in total. The van der Waals surface area contributed by atoms with Gasteiger partial charge in [0.2, 0.25) is 0 Å². The first-order valence-electron chi connectivity index (χ1n) is 6.94. The normalized spacial score (nSPS) is 15.5. The summed E-state index contributed by atoms with van der Waals surface area (Å²) in [6, 6.07) is 5.37. The summed E-state index contributed by atoms with van der Waals surface area (Å²) in [5.41, 5.74) is 0.554. The van der Waals surface area contributed by atoms with Crippen molar-refractivity contribution in [2.75, 3.05) is 13.2 Å². The third kappa shape index (κ3) is 2.80. The molecule has 0 radical (unpaired) electrons. The van der Waals surface area contributed by atoms with Crippen LogP contribution in [0.25, 0.3) is 0 Å². The fourth-order valence-corrected chi connectivity index (χ4v) is 2.33. The van der Waals surface area contributed by atoms with Crippen LogP contribution in [0.4, 0.5) is 0 Å². The number of hydrogen-bond donors (Lipinski definition) is 1. The molecule has 112 valence electrons. The summed E-state index contributed by atoms with van der Waals surface area (Å²) in [5, 5.41) is 10.3. The highest BCUT2D eigenvalue weighted by Crippen LogP contribution is 2.32. The van der Waals surface area contributed by atoms with Crippen LogP contribution in [0, 0.1) is 0 Å². The SMILES string of the molecule is Cn1ccn(CC(O)c2ccc3c(c2)OCCCO3)c1=O. The molecule has 0 spiro atoms. The quantitative estimate of drug-likeness (QED) is 0.918. The summed E-state index contributed by atoms with van der Waals surface area (Å²) in [6.45, 7) is 1.44. The maximum Gasteiger partial charge on any atom is 0.327 e. The zero-order valence-electron chi connectivity index (χ0n) is 11.9. The number of fused-ring (bicyclic) bond motifs is 1. The monoisotopic (exact) mass is 290 g/mol. The molecule has 1 aromatic heterocycles. The smallest absolute Gasteiger partial charge is 0.327 e. The number of aliphatic hydroxyl groups excluding tert-OH is 1. The average molecular weight is 290 g/mol. The molecule has 0 aliphatic carbocycles. The lowest BCUT2D eigenvalue weighted by atomic mass is 10.1. The highest BCUT2D eigenvalue weighted by Gasteiger charge is 2.15. The molecule has 1 aromatic carbocycles. The third-order valence-electron chi connectivity index (χ3n) is 3.54. The van der Waals surface area contributed by atoms with Gasteiger partial charge in [0, 0.05) is 25.9 Å². The van der Waals surface area contributed by atoms with Crippen LogP contribution in [-0.2, 0) is 13.6 Å². The Kier molecular flexibility index (Phi) is 3.70. The van der Waals surface area contributed by atoms with E-state index in [0.717, 1.165) is 6.42 Å². The van der Waals surface area contributed by atoms with Crippen LogP contribution in [0.15, 0.2) is 35.4 Å². The fourth-order valence-electron chi connectivity index (χ4n) is 2.33. The third-order valence-corrected chi connectivity index (χ3v) is 3.54. The maximum absolute atomic E-state index is 11.8. The van der Waals surface area contributed by atoms with E-state index in [4.69, 9.17) is 9.47 Å². The van der Waals surface area contributed by atoms with E-state index in [9.17, 15) is 9.90 Å². The van der Waals surface area contributed by atoms with E-state index >= 15 is 0 Å². The minimum absolute atomic E-state index is 0.150. The number of ether oxygens (including phenoxy) is 2. The Balaban J connectivity index is 1.81. The molecule has 0 amide bonds. The van der Waals surface area contributed by atoms with E-state index < -0.39 is 6.10 Å². The van der Waals surface area contributed by atoms with Crippen LogP contribution < -0.4 is 15.2 Å². The minimum atomic E-state index is -0.776. The summed E-state index contributed by atoms with van der Waals surface area (Å²) in [4.78, 5) is 11.8. The maximum atomic E-state index is 11.8. The first-order chi connectivity index (χ1) is 10.1. The van der Waals surface area contributed by atoms with E-state index in [-0.39, 0.29) is 12.2 Å². The van der Waals surface area contributed by atoms with Crippen molar-refractivity contribution in [2.45, 2.75) is 19.1 Å². The van der Waals surface area contributed by atoms with Gasteiger partial charge in [-0.15, -0.1) is 0 Å². The number of hydrogen-bond acceptors (Lipinski definition) is 4. The molecule has 3 rings (SSSR count). The van der Waals surface area contributed by atoms with Crippen molar-refractivity contribution < 1.29 is 14.6 Å². The topological polar surface area (TPSA) is 65.6 Å². The predicted octanol–water partition coefficient (Wildman–Crippen LogP) is 1.08. The molecule has 6 heteroatoms. The van der Waals surface area contributed by atoms with Crippen LogP contribution in [0.5, 0.6) is 11.5 Å². The molecule has 0 fully saturated rings. The Labute approximate surface area is 122 Å².